The Hall–Kier alpha value is -1.97. The van der Waals surface area contributed by atoms with Crippen molar-refractivity contribution in [2.75, 3.05) is 19.6 Å². The summed E-state index contributed by atoms with van der Waals surface area (Å²) in [7, 11) is 0. The molecule has 6 nitrogen and oxygen atoms in total. The number of likely N-dealkylation sites (tertiary alicyclic amines) is 1. The predicted octanol–water partition coefficient (Wildman–Crippen LogP) is 4.16. The van der Waals surface area contributed by atoms with E-state index in [9.17, 15) is 15.2 Å². The van der Waals surface area contributed by atoms with Crippen LogP contribution in [0.2, 0.25) is 5.02 Å². The second-order valence-electron chi connectivity index (χ2n) is 8.57. The summed E-state index contributed by atoms with van der Waals surface area (Å²) >= 11 is 6.44. The second-order valence-corrected chi connectivity index (χ2v) is 8.94. The van der Waals surface area contributed by atoms with E-state index in [2.05, 4.69) is 11.0 Å². The number of nitrogens with zero attached hydrogens (tertiary/aromatic N) is 2. The Labute approximate surface area is 170 Å². The Balaban J connectivity index is 1.51. The fraction of sp³-hybridized carbons (Fsp3) is 0.619. The van der Waals surface area contributed by atoms with Crippen molar-refractivity contribution in [3.8, 4) is 17.6 Å². The highest BCUT2D eigenvalue weighted by atomic mass is 35.5. The molecule has 2 heterocycles. The quantitative estimate of drug-likeness (QED) is 0.811. The highest BCUT2D eigenvalue weighted by Gasteiger charge is 2.49. The van der Waals surface area contributed by atoms with Crippen LogP contribution in [-0.4, -0.2) is 41.4 Å². The third kappa shape index (κ3) is 3.01. The van der Waals surface area contributed by atoms with Crippen molar-refractivity contribution in [2.45, 2.75) is 52.2 Å². The zero-order chi connectivity index (χ0) is 20.3. The van der Waals surface area contributed by atoms with Gasteiger partial charge in [-0.1, -0.05) is 11.6 Å². The van der Waals surface area contributed by atoms with Gasteiger partial charge in [0.1, 0.15) is 0 Å². The smallest absolute Gasteiger partial charge is 0.336 e. The molecular weight excluding hydrogens is 380 g/mol. The lowest BCUT2D eigenvalue weighted by molar-refractivity contribution is -0.125. The molecule has 0 spiro atoms. The van der Waals surface area contributed by atoms with E-state index in [1.165, 1.54) is 0 Å². The third-order valence-electron chi connectivity index (χ3n) is 6.59. The van der Waals surface area contributed by atoms with Gasteiger partial charge in [0.2, 0.25) is 0 Å². The summed E-state index contributed by atoms with van der Waals surface area (Å²) in [4.78, 5) is 14.0. The molecule has 1 aromatic rings. The minimum Gasteiger partial charge on any atom is -0.478 e. The Kier molecular flexibility index (Phi) is 4.52. The molecule has 0 bridgehead atoms. The van der Waals surface area contributed by atoms with Crippen LogP contribution in [0.25, 0.3) is 0 Å². The van der Waals surface area contributed by atoms with E-state index in [1.807, 2.05) is 6.92 Å². The minimum atomic E-state index is -1.02. The fourth-order valence-electron chi connectivity index (χ4n) is 4.57. The predicted molar refractivity (Wildman–Crippen MR) is 104 cm³/mol. The first-order valence-electron chi connectivity index (χ1n) is 9.77. The molecule has 0 aromatic heterocycles. The van der Waals surface area contributed by atoms with Crippen LogP contribution in [-0.2, 0) is 0 Å². The molecule has 1 atom stereocenters. The summed E-state index contributed by atoms with van der Waals surface area (Å²) in [5, 5.41) is 19.2. The average Bonchev–Trinajstić information content (AvgIpc) is 3.33. The van der Waals surface area contributed by atoms with E-state index in [-0.39, 0.29) is 16.9 Å². The summed E-state index contributed by atoms with van der Waals surface area (Å²) < 4.78 is 12.4. The van der Waals surface area contributed by atoms with Crippen LogP contribution in [0.5, 0.6) is 11.5 Å². The Morgan fingerprint density at radius 1 is 1.25 bits per heavy atom. The summed E-state index contributed by atoms with van der Waals surface area (Å²) in [6.45, 7) is 8.00. The number of aromatic carboxylic acids is 1. The van der Waals surface area contributed by atoms with Gasteiger partial charge in [0.25, 0.3) is 5.79 Å². The molecule has 3 aliphatic rings. The van der Waals surface area contributed by atoms with Crippen molar-refractivity contribution < 1.29 is 19.4 Å². The highest BCUT2D eigenvalue weighted by molar-refractivity contribution is 6.33. The van der Waals surface area contributed by atoms with E-state index in [0.717, 1.165) is 45.3 Å². The van der Waals surface area contributed by atoms with Gasteiger partial charge in [0, 0.05) is 24.9 Å². The van der Waals surface area contributed by atoms with E-state index < -0.39 is 11.8 Å². The number of ether oxygens (including phenoxy) is 2. The molecule has 1 N–H and O–H groups in total. The van der Waals surface area contributed by atoms with E-state index in [4.69, 9.17) is 21.1 Å². The Bertz CT molecular complexity index is 882. The van der Waals surface area contributed by atoms with Crippen LogP contribution in [0.15, 0.2) is 0 Å². The van der Waals surface area contributed by atoms with E-state index in [1.54, 1.807) is 13.8 Å². The number of rotatable bonds is 4. The molecule has 1 saturated carbocycles. The summed E-state index contributed by atoms with van der Waals surface area (Å²) in [6, 6.07) is 2.46. The van der Waals surface area contributed by atoms with Gasteiger partial charge >= 0.3 is 5.97 Å². The first kappa shape index (κ1) is 19.4. The van der Waals surface area contributed by atoms with E-state index in [0.29, 0.717) is 27.6 Å². The van der Waals surface area contributed by atoms with Crippen LogP contribution < -0.4 is 9.47 Å². The molecule has 0 amide bonds. The van der Waals surface area contributed by atoms with Crippen molar-refractivity contribution >= 4 is 17.6 Å². The van der Waals surface area contributed by atoms with Crippen LogP contribution in [0, 0.1) is 36.5 Å². The first-order chi connectivity index (χ1) is 13.2. The average molecular weight is 405 g/mol. The number of fused-ring (bicyclic) bond motifs is 1. The summed E-state index contributed by atoms with van der Waals surface area (Å²) in [5.74, 6) is -0.819. The number of hydrogen-bond donors (Lipinski definition) is 1. The maximum atomic E-state index is 11.7. The zero-order valence-electron chi connectivity index (χ0n) is 16.5. The van der Waals surface area contributed by atoms with Gasteiger partial charge in [-0.25, -0.2) is 4.79 Å². The standard InChI is InChI=1S/C21H25ClN2O4/c1-12-15(19(25)26)13(2)17-18(16(12)22)28-20(3,27-17)14-4-8-24(9-5-14)11-21(10-23)6-7-21/h14H,4-9,11H2,1-3H3,(H,25,26). The Morgan fingerprint density at radius 3 is 2.39 bits per heavy atom. The molecule has 4 rings (SSSR count). The van der Waals surface area contributed by atoms with Crippen molar-refractivity contribution in [3.05, 3.63) is 21.7 Å². The van der Waals surface area contributed by atoms with E-state index >= 15 is 0 Å². The zero-order valence-corrected chi connectivity index (χ0v) is 17.2. The lowest BCUT2D eigenvalue weighted by Crippen LogP contribution is -2.49. The highest BCUT2D eigenvalue weighted by Crippen LogP contribution is 2.52. The van der Waals surface area contributed by atoms with Gasteiger partial charge in [0.05, 0.1) is 22.1 Å². The first-order valence-corrected chi connectivity index (χ1v) is 10.1. The number of piperidine rings is 1. The van der Waals surface area contributed by atoms with Crippen molar-refractivity contribution in [2.24, 2.45) is 11.3 Å². The molecule has 150 valence electrons. The third-order valence-corrected chi connectivity index (χ3v) is 7.05. The number of carboxylic acids is 1. The van der Waals surface area contributed by atoms with Gasteiger partial charge < -0.3 is 19.5 Å². The van der Waals surface area contributed by atoms with Gasteiger partial charge in [-0.05, 0) is 58.2 Å². The lowest BCUT2D eigenvalue weighted by atomic mass is 9.88. The molecule has 1 aromatic carbocycles. The SMILES string of the molecule is Cc1c(Cl)c2c(c(C)c1C(=O)O)OC(C)(C1CCN(CC3(C#N)CC3)CC1)O2. The van der Waals surface area contributed by atoms with Crippen LogP contribution in [0.1, 0.15) is 54.1 Å². The number of nitriles is 1. The second kappa shape index (κ2) is 6.53. The van der Waals surface area contributed by atoms with Gasteiger partial charge in [-0.15, -0.1) is 0 Å². The largest absolute Gasteiger partial charge is 0.478 e. The van der Waals surface area contributed by atoms with Crippen molar-refractivity contribution in [1.29, 1.82) is 5.26 Å². The molecule has 2 fully saturated rings. The van der Waals surface area contributed by atoms with Crippen LogP contribution in [0.3, 0.4) is 0 Å². The maximum Gasteiger partial charge on any atom is 0.336 e. The number of carboxylic acid groups (broad SMARTS) is 1. The number of benzene rings is 1. The number of halogens is 1. The monoisotopic (exact) mass is 404 g/mol. The molecule has 7 heteroatoms. The van der Waals surface area contributed by atoms with Crippen LogP contribution in [0.4, 0.5) is 0 Å². The molecule has 28 heavy (non-hydrogen) atoms. The Morgan fingerprint density at radius 2 is 1.86 bits per heavy atom. The number of carbonyl (C=O) groups is 1. The normalized spacial score (nSPS) is 26.1. The maximum absolute atomic E-state index is 11.7. The van der Waals surface area contributed by atoms with Gasteiger partial charge in [-0.2, -0.15) is 5.26 Å². The topological polar surface area (TPSA) is 82.8 Å². The molecule has 2 aliphatic heterocycles. The van der Waals surface area contributed by atoms with Crippen LogP contribution >= 0.6 is 11.6 Å². The van der Waals surface area contributed by atoms with Gasteiger partial charge in [-0.3, -0.25) is 0 Å². The number of hydrogen-bond acceptors (Lipinski definition) is 5. The molecule has 1 unspecified atom stereocenters. The van der Waals surface area contributed by atoms with Crippen molar-refractivity contribution in [3.63, 3.8) is 0 Å². The van der Waals surface area contributed by atoms with Gasteiger partial charge in [0.15, 0.2) is 11.5 Å². The molecule has 0 radical (unpaired) electrons. The summed E-state index contributed by atoms with van der Waals surface area (Å²) in [5.41, 5.74) is 1.11. The molecule has 1 saturated heterocycles. The molecular formula is C21H25ClN2O4. The summed E-state index contributed by atoms with van der Waals surface area (Å²) in [6.07, 6.45) is 3.80. The lowest BCUT2D eigenvalue weighted by Gasteiger charge is -2.39. The fourth-order valence-corrected chi connectivity index (χ4v) is 4.79. The minimum absolute atomic E-state index is 0.122. The van der Waals surface area contributed by atoms with Crippen molar-refractivity contribution in [1.82, 2.24) is 4.90 Å². The molecule has 1 aliphatic carbocycles.